The Kier molecular flexibility index (Phi) is 6.06. The highest BCUT2D eigenvalue weighted by Crippen LogP contribution is 2.34. The van der Waals surface area contributed by atoms with Crippen LogP contribution in [0.25, 0.3) is 0 Å². The highest BCUT2D eigenvalue weighted by atomic mass is 32.2. The van der Waals surface area contributed by atoms with E-state index in [1.807, 2.05) is 0 Å². The zero-order valence-corrected chi connectivity index (χ0v) is 11.5. The maximum atomic E-state index is 3.75. The summed E-state index contributed by atoms with van der Waals surface area (Å²) >= 11 is 2.11. The standard InChI is InChI=1S/C13H27NS/c1-4-5-6-7-9-14-12-11-15-10-8-13(12,2)3/h12,14H,4-11H2,1-3H3. The summed E-state index contributed by atoms with van der Waals surface area (Å²) in [6, 6.07) is 0.734. The number of nitrogens with one attached hydrogen (secondary N) is 1. The van der Waals surface area contributed by atoms with Crippen LogP contribution >= 0.6 is 11.8 Å². The normalized spacial score (nSPS) is 25.4. The largest absolute Gasteiger partial charge is 0.313 e. The van der Waals surface area contributed by atoms with Crippen LogP contribution in [0.3, 0.4) is 0 Å². The van der Waals surface area contributed by atoms with Gasteiger partial charge in [0, 0.05) is 11.8 Å². The van der Waals surface area contributed by atoms with Crippen LogP contribution in [0.5, 0.6) is 0 Å². The Morgan fingerprint density at radius 2 is 2.07 bits per heavy atom. The molecule has 0 aromatic heterocycles. The van der Waals surface area contributed by atoms with Crippen LogP contribution in [0.4, 0.5) is 0 Å². The van der Waals surface area contributed by atoms with Gasteiger partial charge < -0.3 is 5.32 Å². The van der Waals surface area contributed by atoms with Crippen LogP contribution in [-0.2, 0) is 0 Å². The molecule has 1 nitrogen and oxygen atoms in total. The van der Waals surface area contributed by atoms with E-state index in [0.717, 1.165) is 6.04 Å². The van der Waals surface area contributed by atoms with Gasteiger partial charge in [-0.15, -0.1) is 0 Å². The number of rotatable bonds is 6. The molecule has 90 valence electrons. The molecule has 1 heterocycles. The van der Waals surface area contributed by atoms with Gasteiger partial charge in [0.05, 0.1) is 0 Å². The average molecular weight is 229 g/mol. The van der Waals surface area contributed by atoms with Crippen LogP contribution in [0, 0.1) is 5.41 Å². The lowest BCUT2D eigenvalue weighted by Crippen LogP contribution is -2.46. The summed E-state index contributed by atoms with van der Waals surface area (Å²) in [6.45, 7) is 8.32. The molecule has 1 saturated heterocycles. The fraction of sp³-hybridized carbons (Fsp3) is 1.00. The van der Waals surface area contributed by atoms with E-state index >= 15 is 0 Å². The maximum absolute atomic E-state index is 3.75. The van der Waals surface area contributed by atoms with Crippen molar-refractivity contribution < 1.29 is 0 Å². The van der Waals surface area contributed by atoms with Gasteiger partial charge in [0.15, 0.2) is 0 Å². The Morgan fingerprint density at radius 1 is 1.27 bits per heavy atom. The summed E-state index contributed by atoms with van der Waals surface area (Å²) in [5, 5.41) is 3.75. The third-order valence-corrected chi connectivity index (χ3v) is 4.60. The molecule has 1 N–H and O–H groups in total. The predicted octanol–water partition coefficient (Wildman–Crippen LogP) is 3.69. The van der Waals surface area contributed by atoms with Crippen molar-refractivity contribution in [3.05, 3.63) is 0 Å². The Balaban J connectivity index is 2.13. The third kappa shape index (κ3) is 4.78. The fourth-order valence-electron chi connectivity index (χ4n) is 2.10. The summed E-state index contributed by atoms with van der Waals surface area (Å²) in [4.78, 5) is 0. The molecule has 1 atom stereocenters. The first-order valence-corrected chi connectivity index (χ1v) is 7.63. The topological polar surface area (TPSA) is 12.0 Å². The smallest absolute Gasteiger partial charge is 0.0209 e. The summed E-state index contributed by atoms with van der Waals surface area (Å²) in [7, 11) is 0. The minimum Gasteiger partial charge on any atom is -0.313 e. The molecule has 0 radical (unpaired) electrons. The molecule has 1 rings (SSSR count). The molecule has 15 heavy (non-hydrogen) atoms. The number of unbranched alkanes of at least 4 members (excludes halogenated alkanes) is 3. The predicted molar refractivity (Wildman–Crippen MR) is 71.7 cm³/mol. The average Bonchev–Trinajstić information content (AvgIpc) is 2.19. The van der Waals surface area contributed by atoms with Gasteiger partial charge in [0.1, 0.15) is 0 Å². The highest BCUT2D eigenvalue weighted by molar-refractivity contribution is 7.99. The highest BCUT2D eigenvalue weighted by Gasteiger charge is 2.31. The van der Waals surface area contributed by atoms with E-state index in [-0.39, 0.29) is 0 Å². The molecule has 1 fully saturated rings. The van der Waals surface area contributed by atoms with Gasteiger partial charge >= 0.3 is 0 Å². The molecule has 0 saturated carbocycles. The van der Waals surface area contributed by atoms with Crippen molar-refractivity contribution in [2.24, 2.45) is 5.41 Å². The Labute approximate surface area is 99.8 Å². The quantitative estimate of drug-likeness (QED) is 0.697. The second kappa shape index (κ2) is 6.80. The van der Waals surface area contributed by atoms with Crippen molar-refractivity contribution >= 4 is 11.8 Å². The molecule has 0 aromatic rings. The van der Waals surface area contributed by atoms with Crippen LogP contribution in [0.1, 0.15) is 52.9 Å². The van der Waals surface area contributed by atoms with Crippen LogP contribution < -0.4 is 5.32 Å². The minimum absolute atomic E-state index is 0.510. The molecule has 1 unspecified atom stereocenters. The van der Waals surface area contributed by atoms with Gasteiger partial charge in [-0.25, -0.2) is 0 Å². The van der Waals surface area contributed by atoms with Crippen molar-refractivity contribution in [2.75, 3.05) is 18.1 Å². The molecule has 0 aliphatic carbocycles. The number of hydrogen-bond donors (Lipinski definition) is 1. The van der Waals surface area contributed by atoms with Gasteiger partial charge in [-0.1, -0.05) is 40.0 Å². The molecule has 2 heteroatoms. The summed E-state index contributed by atoms with van der Waals surface area (Å²) in [5.41, 5.74) is 0.510. The zero-order valence-electron chi connectivity index (χ0n) is 10.6. The lowest BCUT2D eigenvalue weighted by atomic mass is 9.82. The zero-order chi connectivity index (χ0) is 11.1. The van der Waals surface area contributed by atoms with E-state index in [4.69, 9.17) is 0 Å². The van der Waals surface area contributed by atoms with E-state index in [0.29, 0.717) is 5.41 Å². The monoisotopic (exact) mass is 229 g/mol. The van der Waals surface area contributed by atoms with Crippen molar-refractivity contribution in [1.82, 2.24) is 5.32 Å². The SMILES string of the molecule is CCCCCCNC1CSCCC1(C)C. The van der Waals surface area contributed by atoms with Gasteiger partial charge in [-0.05, 0) is 30.6 Å². The van der Waals surface area contributed by atoms with E-state index < -0.39 is 0 Å². The van der Waals surface area contributed by atoms with Crippen molar-refractivity contribution in [3.63, 3.8) is 0 Å². The summed E-state index contributed by atoms with van der Waals surface area (Å²) in [5.74, 6) is 2.65. The molecule has 0 bridgehead atoms. The second-order valence-corrected chi connectivity index (χ2v) is 6.53. The Hall–Kier alpha value is 0.310. The summed E-state index contributed by atoms with van der Waals surface area (Å²) in [6.07, 6.45) is 6.84. The van der Waals surface area contributed by atoms with Crippen molar-refractivity contribution in [2.45, 2.75) is 58.9 Å². The van der Waals surface area contributed by atoms with Crippen LogP contribution in [0.15, 0.2) is 0 Å². The van der Waals surface area contributed by atoms with Gasteiger partial charge in [0.25, 0.3) is 0 Å². The number of thioether (sulfide) groups is 1. The lowest BCUT2D eigenvalue weighted by molar-refractivity contribution is 0.245. The molecule has 1 aliphatic rings. The van der Waals surface area contributed by atoms with E-state index in [1.165, 1.54) is 50.2 Å². The Bertz CT molecular complexity index is 168. The molecular weight excluding hydrogens is 202 g/mol. The third-order valence-electron chi connectivity index (χ3n) is 3.54. The van der Waals surface area contributed by atoms with E-state index in [9.17, 15) is 0 Å². The minimum atomic E-state index is 0.510. The van der Waals surface area contributed by atoms with Gasteiger partial charge in [0.2, 0.25) is 0 Å². The first-order valence-electron chi connectivity index (χ1n) is 6.48. The molecule has 0 amide bonds. The maximum Gasteiger partial charge on any atom is 0.0209 e. The van der Waals surface area contributed by atoms with Crippen molar-refractivity contribution in [3.8, 4) is 0 Å². The molecule has 1 aliphatic heterocycles. The van der Waals surface area contributed by atoms with E-state index in [2.05, 4.69) is 37.8 Å². The van der Waals surface area contributed by atoms with Crippen LogP contribution in [0.2, 0.25) is 0 Å². The fourth-order valence-corrected chi connectivity index (χ4v) is 3.74. The van der Waals surface area contributed by atoms with Crippen molar-refractivity contribution in [1.29, 1.82) is 0 Å². The molecule has 0 spiro atoms. The van der Waals surface area contributed by atoms with Gasteiger partial charge in [-0.2, -0.15) is 11.8 Å². The Morgan fingerprint density at radius 3 is 2.73 bits per heavy atom. The number of hydrogen-bond acceptors (Lipinski definition) is 2. The second-order valence-electron chi connectivity index (χ2n) is 5.38. The lowest BCUT2D eigenvalue weighted by Gasteiger charge is -2.39. The molecule has 0 aromatic carbocycles. The molecular formula is C13H27NS. The first-order chi connectivity index (χ1) is 7.17. The van der Waals surface area contributed by atoms with E-state index in [1.54, 1.807) is 0 Å². The first kappa shape index (κ1) is 13.4. The summed E-state index contributed by atoms with van der Waals surface area (Å²) < 4.78 is 0. The van der Waals surface area contributed by atoms with Gasteiger partial charge in [-0.3, -0.25) is 0 Å². The van der Waals surface area contributed by atoms with Crippen LogP contribution in [-0.4, -0.2) is 24.1 Å².